The molecule has 0 aromatic heterocycles. The third kappa shape index (κ3) is 22.1. The van der Waals surface area contributed by atoms with E-state index in [1.807, 2.05) is 99.7 Å². The molecule has 0 aliphatic carbocycles. The number of alkyl carbamates (subject to hydrolysis) is 2. The van der Waals surface area contributed by atoms with Gasteiger partial charge in [0.15, 0.2) is 35.6 Å². The predicted molar refractivity (Wildman–Crippen MR) is 380 cm³/mol. The summed E-state index contributed by atoms with van der Waals surface area (Å²) >= 11 is 6.22. The summed E-state index contributed by atoms with van der Waals surface area (Å²) in [6.07, 6.45) is -1.94. The number of halogens is 1. The Balaban J connectivity index is 0.000000200. The summed E-state index contributed by atoms with van der Waals surface area (Å²) in [7, 11) is -8.10. The summed E-state index contributed by atoms with van der Waals surface area (Å²) in [5.41, 5.74) is 1.65. The molecule has 4 aromatic carbocycles. The lowest BCUT2D eigenvalue weighted by atomic mass is 10.0. The molecule has 10 atom stereocenters. The third-order valence-electron chi connectivity index (χ3n) is 17.6. The van der Waals surface area contributed by atoms with Crippen LogP contribution in [0.4, 0.5) is 9.59 Å². The lowest BCUT2D eigenvalue weighted by molar-refractivity contribution is -0.0909. The average molecular weight is 1570 g/mol. The van der Waals surface area contributed by atoms with Gasteiger partial charge < -0.3 is 83.0 Å². The number of fused-ring (bicyclic) bond motifs is 4. The number of nitrogens with one attached hydrogen (secondary N) is 3. The Morgan fingerprint density at radius 1 is 0.626 bits per heavy atom. The number of thioether (sulfide) groups is 2. The number of sulfonamides is 2. The number of nitrogens with zero attached hydrogens (tertiary/aromatic N) is 3. The standard InChI is InChI=1S/C34H47N3O10S2.C31H41IN2O10S.C3H7NS/c1-23(2)18-37(49(40,41)26-8-9-30-31(17-26)46-22-45-30)19-29(38)28(35-34(39)47-32-20-44-33-27(32)10-14-43-33)16-24-4-6-25(7-5-24)42-13-3-11-36-12-15-48-21-36;1-20(2)16-34(45(37,38)23-8-9-27-28(15-23)43-19-42-27)17-26(35)25(14-21-4-6-22(7-5-21)39-12-3-11-32)33-31(36)44-29-18-41-30-24(29)10-13-40-30;1-2-5-3-4-1/h4-9,17,23,27-29,32-33,38H,3,10-16,18-22H2,1-2H3,(H,35,39);4-9,15,20,24-26,29-30,35H,3,10-14,16-19H2,1-2H3,(H,33,36);4H,1-3H2/t27-,28-,29+,32+,33+;24-,25-,26+,29+,30+;/m00./s1. The zero-order valence-electron chi connectivity index (χ0n) is 56.5. The second-order valence-electron chi connectivity index (χ2n) is 26.0. The summed E-state index contributed by atoms with van der Waals surface area (Å²) in [5.74, 6) is 7.63. The number of hydrogen-bond acceptors (Lipinski definition) is 24. The Morgan fingerprint density at radius 2 is 1.10 bits per heavy atom. The SMILES string of the molecule is C1CSCN1.CC(C)CN(C[C@@H](O)[C@H](Cc1ccc(OCCCI)cc1)NC(=O)O[C@@H]1CO[C@H]2OCC[C@H]21)S(=O)(=O)c1ccc2c(c1)OCO2.CC(C)CN(C[C@@H](O)[C@H](Cc1ccc(OCCCN2CCSC2)cc1)NC(=O)O[C@@H]1CO[C@H]2OCC[C@H]21)S(=O)(=O)c1ccc2c(c1)OCO2. The van der Waals surface area contributed by atoms with E-state index in [4.69, 9.17) is 56.8 Å². The van der Waals surface area contributed by atoms with Crippen LogP contribution in [0.5, 0.6) is 34.5 Å². The first-order valence-corrected chi connectivity index (χ1v) is 40.7. The van der Waals surface area contributed by atoms with Gasteiger partial charge in [-0.3, -0.25) is 4.90 Å². The van der Waals surface area contributed by atoms with Crippen LogP contribution < -0.4 is 44.4 Å². The molecule has 2 amide bonds. The van der Waals surface area contributed by atoms with E-state index in [0.29, 0.717) is 49.4 Å². The topological polar surface area (TPSA) is 299 Å². The first-order chi connectivity index (χ1) is 47.8. The molecule has 31 heteroatoms. The minimum absolute atomic E-state index is 0.0171. The quantitative estimate of drug-likeness (QED) is 0.0187. The second-order valence-corrected chi connectivity index (χ2v) is 33.2. The zero-order chi connectivity index (χ0) is 69.9. The third-order valence-corrected chi connectivity index (χ3v) is 23.9. The Labute approximate surface area is 603 Å². The molecule has 4 aromatic rings. The minimum atomic E-state index is -4.06. The van der Waals surface area contributed by atoms with Crippen LogP contribution in [-0.2, 0) is 61.3 Å². The van der Waals surface area contributed by atoms with Crippen LogP contribution >= 0.6 is 46.1 Å². The number of alkyl halides is 1. The number of amides is 2. The molecule has 26 nitrogen and oxygen atoms in total. The zero-order valence-corrected chi connectivity index (χ0v) is 61.9. The van der Waals surface area contributed by atoms with Crippen LogP contribution in [0.1, 0.15) is 64.5 Å². The number of aliphatic hydroxyl groups is 2. The molecular weight excluding hydrogens is 1480 g/mol. The average Bonchev–Trinajstić information content (AvgIpc) is 1.54. The molecular formula is C68H95IN6O20S4. The molecule has 8 aliphatic rings. The molecule has 548 valence electrons. The van der Waals surface area contributed by atoms with Crippen molar-refractivity contribution in [3.8, 4) is 34.5 Å². The van der Waals surface area contributed by atoms with Gasteiger partial charge in [-0.2, -0.15) is 8.61 Å². The first kappa shape index (κ1) is 76.8. The maximum absolute atomic E-state index is 13.9. The van der Waals surface area contributed by atoms with Crippen LogP contribution in [0.3, 0.4) is 0 Å². The highest BCUT2D eigenvalue weighted by atomic mass is 127. The number of carbonyl (C=O) groups is 2. The van der Waals surface area contributed by atoms with Crippen LogP contribution in [0.2, 0.25) is 0 Å². The molecule has 0 saturated carbocycles. The first-order valence-electron chi connectivity index (χ1n) is 33.9. The van der Waals surface area contributed by atoms with Gasteiger partial charge in [0.25, 0.3) is 0 Å². The Bertz CT molecular complexity index is 3430. The van der Waals surface area contributed by atoms with Gasteiger partial charge >= 0.3 is 12.2 Å². The molecule has 8 heterocycles. The summed E-state index contributed by atoms with van der Waals surface area (Å²) in [4.78, 5) is 28.9. The summed E-state index contributed by atoms with van der Waals surface area (Å²) in [5, 5.41) is 32.1. The van der Waals surface area contributed by atoms with Gasteiger partial charge in [-0.25, -0.2) is 26.4 Å². The smallest absolute Gasteiger partial charge is 0.407 e. The highest BCUT2D eigenvalue weighted by molar-refractivity contribution is 14.1. The fourth-order valence-electron chi connectivity index (χ4n) is 12.4. The molecule has 0 unspecified atom stereocenters. The van der Waals surface area contributed by atoms with Crippen molar-refractivity contribution in [2.24, 2.45) is 23.7 Å². The molecule has 6 saturated heterocycles. The number of hydrogen-bond donors (Lipinski definition) is 5. The molecule has 5 N–H and O–H groups in total. The normalized spacial score (nSPS) is 22.7. The number of carbonyl (C=O) groups excluding carboxylic acids is 2. The van der Waals surface area contributed by atoms with Crippen molar-refractivity contribution in [2.45, 2.75) is 125 Å². The summed E-state index contributed by atoms with van der Waals surface area (Å²) in [6, 6.07) is 22.1. The fourth-order valence-corrected chi connectivity index (χ4v) is 17.7. The highest BCUT2D eigenvalue weighted by Gasteiger charge is 2.46. The highest BCUT2D eigenvalue weighted by Crippen LogP contribution is 2.38. The van der Waals surface area contributed by atoms with Crippen molar-refractivity contribution in [1.82, 2.24) is 29.5 Å². The molecule has 0 radical (unpaired) electrons. The number of ether oxygens (including phenoxy) is 12. The van der Waals surface area contributed by atoms with Crippen molar-refractivity contribution >= 4 is 78.3 Å². The lowest BCUT2D eigenvalue weighted by Gasteiger charge is -2.31. The number of rotatable bonds is 31. The maximum atomic E-state index is 13.9. The van der Waals surface area contributed by atoms with E-state index in [2.05, 4.69) is 43.4 Å². The van der Waals surface area contributed by atoms with E-state index in [1.54, 1.807) is 12.1 Å². The van der Waals surface area contributed by atoms with Gasteiger partial charge in [-0.15, -0.1) is 23.5 Å². The van der Waals surface area contributed by atoms with Crippen molar-refractivity contribution in [3.05, 3.63) is 96.1 Å². The van der Waals surface area contributed by atoms with Gasteiger partial charge in [-0.05, 0) is 110 Å². The number of benzene rings is 4. The van der Waals surface area contributed by atoms with E-state index in [-0.39, 0.29) is 112 Å². The lowest BCUT2D eigenvalue weighted by Crippen LogP contribution is -2.51. The van der Waals surface area contributed by atoms with Gasteiger partial charge in [0.2, 0.25) is 33.6 Å². The van der Waals surface area contributed by atoms with Crippen molar-refractivity contribution in [3.63, 3.8) is 0 Å². The maximum Gasteiger partial charge on any atom is 0.407 e. The van der Waals surface area contributed by atoms with E-state index in [0.717, 1.165) is 71.7 Å². The Kier molecular flexibility index (Phi) is 29.1. The number of aliphatic hydroxyl groups excluding tert-OH is 2. The largest absolute Gasteiger partial charge is 0.494 e. The minimum Gasteiger partial charge on any atom is -0.494 e. The molecule has 99 heavy (non-hydrogen) atoms. The van der Waals surface area contributed by atoms with Gasteiger partial charge in [0, 0.05) is 85.6 Å². The molecule has 0 spiro atoms. The molecule has 6 fully saturated rings. The van der Waals surface area contributed by atoms with E-state index < -0.39 is 68.7 Å². The summed E-state index contributed by atoms with van der Waals surface area (Å²) in [6.45, 7) is 13.5. The van der Waals surface area contributed by atoms with Gasteiger partial charge in [0.05, 0.1) is 85.6 Å². The fraction of sp³-hybridized carbons (Fsp3) is 0.618. The molecule has 0 bridgehead atoms. The van der Waals surface area contributed by atoms with Crippen LogP contribution in [-0.4, -0.2) is 229 Å². The Hall–Kier alpha value is -4.85. The van der Waals surface area contributed by atoms with Crippen molar-refractivity contribution in [2.75, 3.05) is 127 Å². The Morgan fingerprint density at radius 3 is 1.52 bits per heavy atom. The monoisotopic (exact) mass is 1570 g/mol. The van der Waals surface area contributed by atoms with Crippen LogP contribution in [0, 0.1) is 23.7 Å². The van der Waals surface area contributed by atoms with E-state index >= 15 is 0 Å². The van der Waals surface area contributed by atoms with Crippen LogP contribution in [0.25, 0.3) is 0 Å². The molecule has 12 rings (SSSR count). The summed E-state index contributed by atoms with van der Waals surface area (Å²) < 4.78 is 126. The van der Waals surface area contributed by atoms with E-state index in [1.165, 1.54) is 56.8 Å². The predicted octanol–water partition coefficient (Wildman–Crippen LogP) is 7.30. The van der Waals surface area contributed by atoms with Crippen molar-refractivity contribution in [1.29, 1.82) is 0 Å². The van der Waals surface area contributed by atoms with E-state index in [9.17, 15) is 36.6 Å². The molecule has 8 aliphatic heterocycles. The van der Waals surface area contributed by atoms with Crippen molar-refractivity contribution < 1.29 is 93.5 Å². The van der Waals surface area contributed by atoms with Gasteiger partial charge in [0.1, 0.15) is 23.7 Å². The van der Waals surface area contributed by atoms with Crippen LogP contribution in [0.15, 0.2) is 94.7 Å². The second kappa shape index (κ2) is 37.5. The van der Waals surface area contributed by atoms with Gasteiger partial charge in [-0.1, -0.05) is 74.6 Å².